The molecule has 0 unspecified atom stereocenters. The maximum atomic E-state index is 13.7. The molecule has 0 spiro atoms. The second kappa shape index (κ2) is 7.13. The van der Waals surface area contributed by atoms with Gasteiger partial charge in [0.2, 0.25) is 5.95 Å². The van der Waals surface area contributed by atoms with Gasteiger partial charge in [0, 0.05) is 18.8 Å². The van der Waals surface area contributed by atoms with Gasteiger partial charge >= 0.3 is 0 Å². The second-order valence-electron chi connectivity index (χ2n) is 6.41. The summed E-state index contributed by atoms with van der Waals surface area (Å²) in [4.78, 5) is 23.1. The van der Waals surface area contributed by atoms with E-state index < -0.39 is 23.2 Å². The number of hydrogen-bond donors (Lipinski definition) is 1. The van der Waals surface area contributed by atoms with Crippen molar-refractivity contribution in [3.05, 3.63) is 47.3 Å². The van der Waals surface area contributed by atoms with Crippen LogP contribution in [0.5, 0.6) is 0 Å². The number of amides is 1. The third-order valence-corrected chi connectivity index (χ3v) is 4.34. The van der Waals surface area contributed by atoms with Gasteiger partial charge in [0.15, 0.2) is 0 Å². The van der Waals surface area contributed by atoms with E-state index in [1.165, 1.54) is 12.1 Å². The molecule has 132 valence electrons. The number of benzene rings is 1. The van der Waals surface area contributed by atoms with Crippen LogP contribution in [0, 0.1) is 24.5 Å². The van der Waals surface area contributed by atoms with Crippen LogP contribution in [0.1, 0.15) is 35.9 Å². The maximum absolute atomic E-state index is 13.7. The molecule has 3 rings (SSSR count). The molecule has 25 heavy (non-hydrogen) atoms. The Labute approximate surface area is 145 Å². The van der Waals surface area contributed by atoms with Gasteiger partial charge < -0.3 is 10.2 Å². The van der Waals surface area contributed by atoms with Crippen LogP contribution in [-0.4, -0.2) is 29.0 Å². The summed E-state index contributed by atoms with van der Waals surface area (Å²) in [5.41, 5.74) is 0.240. The Morgan fingerprint density at radius 1 is 1.20 bits per heavy atom. The van der Waals surface area contributed by atoms with Crippen LogP contribution in [0.3, 0.4) is 0 Å². The van der Waals surface area contributed by atoms with Gasteiger partial charge in [0.1, 0.15) is 23.0 Å². The molecule has 2 aromatic rings. The molecule has 0 bridgehead atoms. The monoisotopic (exact) mass is 346 g/mol. The summed E-state index contributed by atoms with van der Waals surface area (Å²) in [5, 5.41) is 2.26. The van der Waals surface area contributed by atoms with Crippen LogP contribution >= 0.6 is 0 Å². The lowest BCUT2D eigenvalue weighted by Crippen LogP contribution is -2.34. The molecular formula is C18H20F2N4O. The predicted octanol–water partition coefficient (Wildman–Crippen LogP) is 3.55. The van der Waals surface area contributed by atoms with E-state index in [9.17, 15) is 13.6 Å². The van der Waals surface area contributed by atoms with Crippen molar-refractivity contribution in [1.82, 2.24) is 9.97 Å². The molecule has 0 radical (unpaired) electrons. The summed E-state index contributed by atoms with van der Waals surface area (Å²) in [6.07, 6.45) is 2.08. The lowest BCUT2D eigenvalue weighted by molar-refractivity contribution is 0.102. The van der Waals surface area contributed by atoms with Crippen LogP contribution in [0.2, 0.25) is 0 Å². The zero-order valence-corrected chi connectivity index (χ0v) is 14.2. The number of aromatic nitrogens is 2. The second-order valence-corrected chi connectivity index (χ2v) is 6.41. The van der Waals surface area contributed by atoms with Gasteiger partial charge in [-0.3, -0.25) is 4.79 Å². The largest absolute Gasteiger partial charge is 0.341 e. The first kappa shape index (κ1) is 17.3. The quantitative estimate of drug-likeness (QED) is 0.923. The summed E-state index contributed by atoms with van der Waals surface area (Å²) in [5.74, 6) is -1.19. The van der Waals surface area contributed by atoms with Crippen molar-refractivity contribution >= 4 is 17.5 Å². The number of carbonyl (C=O) groups is 1. The highest BCUT2D eigenvalue weighted by molar-refractivity contribution is 6.03. The SMILES string of the molecule is Cc1cc(C(=O)Nc2c(F)cccc2F)nc(N2CCC(C)CC2)n1. The molecule has 1 aromatic heterocycles. The number of halogens is 2. The number of piperidine rings is 1. The van der Waals surface area contributed by atoms with Gasteiger partial charge in [0.05, 0.1) is 0 Å². The van der Waals surface area contributed by atoms with Crippen LogP contribution < -0.4 is 10.2 Å². The Morgan fingerprint density at radius 2 is 1.84 bits per heavy atom. The number of nitrogens with zero attached hydrogens (tertiary/aromatic N) is 3. The van der Waals surface area contributed by atoms with Crippen molar-refractivity contribution < 1.29 is 13.6 Å². The van der Waals surface area contributed by atoms with Crippen molar-refractivity contribution in [3.63, 3.8) is 0 Å². The molecule has 1 aliphatic rings. The summed E-state index contributed by atoms with van der Waals surface area (Å²) < 4.78 is 27.4. The molecule has 1 saturated heterocycles. The van der Waals surface area contributed by atoms with Crippen LogP contribution in [0.4, 0.5) is 20.4 Å². The van der Waals surface area contributed by atoms with Crippen LogP contribution in [-0.2, 0) is 0 Å². The maximum Gasteiger partial charge on any atom is 0.274 e. The minimum Gasteiger partial charge on any atom is -0.341 e. The number of para-hydroxylation sites is 1. The number of hydrogen-bond acceptors (Lipinski definition) is 4. The van der Waals surface area contributed by atoms with Crippen molar-refractivity contribution in [3.8, 4) is 0 Å². The van der Waals surface area contributed by atoms with Gasteiger partial charge in [0.25, 0.3) is 5.91 Å². The van der Waals surface area contributed by atoms with Crippen LogP contribution in [0.15, 0.2) is 24.3 Å². The Hall–Kier alpha value is -2.57. The van der Waals surface area contributed by atoms with Crippen molar-refractivity contribution in [2.75, 3.05) is 23.3 Å². The Morgan fingerprint density at radius 3 is 2.48 bits per heavy atom. The molecule has 1 amide bonds. The number of carbonyl (C=O) groups excluding carboxylic acids is 1. The Bertz CT molecular complexity index is 768. The number of nitrogens with one attached hydrogen (secondary N) is 1. The average Bonchev–Trinajstić information content (AvgIpc) is 2.58. The summed E-state index contributed by atoms with van der Waals surface area (Å²) in [6.45, 7) is 5.62. The number of aryl methyl sites for hydroxylation is 1. The molecular weight excluding hydrogens is 326 g/mol. The van der Waals surface area contributed by atoms with E-state index in [1.54, 1.807) is 6.92 Å². The van der Waals surface area contributed by atoms with Gasteiger partial charge in [-0.15, -0.1) is 0 Å². The van der Waals surface area contributed by atoms with E-state index in [1.807, 2.05) is 4.90 Å². The fourth-order valence-corrected chi connectivity index (χ4v) is 2.81. The molecule has 5 nitrogen and oxygen atoms in total. The van der Waals surface area contributed by atoms with E-state index in [-0.39, 0.29) is 5.69 Å². The minimum atomic E-state index is -0.829. The molecule has 7 heteroatoms. The van der Waals surface area contributed by atoms with Crippen molar-refractivity contribution in [1.29, 1.82) is 0 Å². The molecule has 0 saturated carbocycles. The van der Waals surface area contributed by atoms with Crippen molar-refractivity contribution in [2.24, 2.45) is 5.92 Å². The zero-order valence-electron chi connectivity index (χ0n) is 14.2. The molecule has 1 N–H and O–H groups in total. The van der Waals surface area contributed by atoms with E-state index in [0.29, 0.717) is 17.6 Å². The molecule has 1 aromatic carbocycles. The Kier molecular flexibility index (Phi) is 4.92. The first-order valence-corrected chi connectivity index (χ1v) is 8.30. The fraction of sp³-hybridized carbons (Fsp3) is 0.389. The fourth-order valence-electron chi connectivity index (χ4n) is 2.81. The molecule has 0 aliphatic carbocycles. The van der Waals surface area contributed by atoms with Crippen LogP contribution in [0.25, 0.3) is 0 Å². The molecule has 1 fully saturated rings. The predicted molar refractivity (Wildman–Crippen MR) is 91.7 cm³/mol. The zero-order chi connectivity index (χ0) is 18.0. The molecule has 1 aliphatic heterocycles. The van der Waals surface area contributed by atoms with E-state index in [2.05, 4.69) is 22.2 Å². The van der Waals surface area contributed by atoms with Gasteiger partial charge in [-0.25, -0.2) is 18.7 Å². The number of anilines is 2. The smallest absolute Gasteiger partial charge is 0.274 e. The first-order valence-electron chi connectivity index (χ1n) is 8.30. The summed E-state index contributed by atoms with van der Waals surface area (Å²) in [7, 11) is 0. The van der Waals surface area contributed by atoms with Crippen molar-refractivity contribution in [2.45, 2.75) is 26.7 Å². The lowest BCUT2D eigenvalue weighted by atomic mass is 10.00. The highest BCUT2D eigenvalue weighted by Crippen LogP contribution is 2.22. The van der Waals surface area contributed by atoms with E-state index in [4.69, 9.17) is 0 Å². The van der Waals surface area contributed by atoms with Gasteiger partial charge in [-0.2, -0.15) is 0 Å². The van der Waals surface area contributed by atoms with Gasteiger partial charge in [-0.05, 0) is 43.9 Å². The standard InChI is InChI=1S/C18H20F2N4O/c1-11-6-8-24(9-7-11)18-21-12(2)10-15(22-18)17(25)23-16-13(19)4-3-5-14(16)20/h3-5,10-11H,6-9H2,1-2H3,(H,23,25). The normalized spacial score (nSPS) is 15.3. The topological polar surface area (TPSA) is 58.1 Å². The summed E-state index contributed by atoms with van der Waals surface area (Å²) in [6, 6.07) is 4.92. The average molecular weight is 346 g/mol. The first-order chi connectivity index (χ1) is 11.9. The third-order valence-electron chi connectivity index (χ3n) is 4.34. The molecule has 0 atom stereocenters. The number of rotatable bonds is 3. The third kappa shape index (κ3) is 3.92. The van der Waals surface area contributed by atoms with E-state index in [0.717, 1.165) is 38.1 Å². The lowest BCUT2D eigenvalue weighted by Gasteiger charge is -2.30. The van der Waals surface area contributed by atoms with Gasteiger partial charge in [-0.1, -0.05) is 13.0 Å². The summed E-state index contributed by atoms with van der Waals surface area (Å²) >= 11 is 0. The minimum absolute atomic E-state index is 0.0868. The molecule has 2 heterocycles. The highest BCUT2D eigenvalue weighted by atomic mass is 19.1. The Balaban J connectivity index is 1.83. The van der Waals surface area contributed by atoms with E-state index >= 15 is 0 Å². The highest BCUT2D eigenvalue weighted by Gasteiger charge is 2.21.